The summed E-state index contributed by atoms with van der Waals surface area (Å²) in [5.41, 5.74) is 0.894. The topological polar surface area (TPSA) is 78.4 Å². The monoisotopic (exact) mass is 264 g/mol. The Hall–Kier alpha value is -1.88. The van der Waals surface area contributed by atoms with Crippen LogP contribution in [0.4, 0.5) is 0 Å². The van der Waals surface area contributed by atoms with Crippen molar-refractivity contribution in [2.24, 2.45) is 0 Å². The van der Waals surface area contributed by atoms with Crippen molar-refractivity contribution in [1.29, 1.82) is 0 Å². The fraction of sp³-hybridized carbons (Fsp3) is 0.429. The summed E-state index contributed by atoms with van der Waals surface area (Å²) < 4.78 is 0. The summed E-state index contributed by atoms with van der Waals surface area (Å²) >= 11 is 0. The van der Waals surface area contributed by atoms with Gasteiger partial charge in [-0.3, -0.25) is 4.79 Å². The minimum absolute atomic E-state index is 0.224. The summed E-state index contributed by atoms with van der Waals surface area (Å²) in [6.45, 7) is 0.740. The maximum absolute atomic E-state index is 11.6. The highest BCUT2D eigenvalue weighted by Crippen LogP contribution is 2.04. The molecule has 0 unspecified atom stereocenters. The first-order chi connectivity index (χ1) is 9.13. The first-order valence-corrected chi connectivity index (χ1v) is 6.34. The van der Waals surface area contributed by atoms with Crippen molar-refractivity contribution in [1.82, 2.24) is 10.6 Å². The van der Waals surface area contributed by atoms with Crippen molar-refractivity contribution in [2.75, 3.05) is 13.6 Å². The van der Waals surface area contributed by atoms with Gasteiger partial charge in [-0.15, -0.1) is 0 Å². The number of carbonyl (C=O) groups excluding carboxylic acids is 1. The van der Waals surface area contributed by atoms with E-state index in [0.717, 1.165) is 12.1 Å². The van der Waals surface area contributed by atoms with Gasteiger partial charge in [-0.1, -0.05) is 30.3 Å². The molecule has 1 aromatic rings. The molecule has 5 nitrogen and oxygen atoms in total. The first-order valence-electron chi connectivity index (χ1n) is 6.34. The van der Waals surface area contributed by atoms with Gasteiger partial charge in [0.2, 0.25) is 5.91 Å². The van der Waals surface area contributed by atoms with E-state index in [2.05, 4.69) is 10.6 Å². The molecular formula is C14H20N2O3. The Kier molecular flexibility index (Phi) is 6.60. The van der Waals surface area contributed by atoms with E-state index >= 15 is 0 Å². The molecule has 0 aliphatic heterocycles. The summed E-state index contributed by atoms with van der Waals surface area (Å²) in [5, 5.41) is 14.6. The minimum Gasteiger partial charge on any atom is -0.480 e. The Morgan fingerprint density at radius 2 is 1.95 bits per heavy atom. The molecule has 1 aromatic carbocycles. The molecule has 0 aromatic heterocycles. The van der Waals surface area contributed by atoms with Crippen molar-refractivity contribution < 1.29 is 14.7 Å². The largest absolute Gasteiger partial charge is 0.480 e. The van der Waals surface area contributed by atoms with E-state index in [1.807, 2.05) is 37.4 Å². The number of aliphatic carboxylic acids is 1. The highest BCUT2D eigenvalue weighted by Gasteiger charge is 2.19. The summed E-state index contributed by atoms with van der Waals surface area (Å²) in [4.78, 5) is 22.8. The standard InChI is InChI=1S/C14H20N2O3/c1-15-9-5-8-13(17)16-12(14(18)19)10-11-6-3-2-4-7-11/h2-4,6-7,12,15H,5,8-10H2,1H3,(H,16,17)(H,18,19)/t12-/m1/s1. The third kappa shape index (κ3) is 6.01. The zero-order chi connectivity index (χ0) is 14.1. The quantitative estimate of drug-likeness (QED) is 0.607. The number of carboxylic acid groups (broad SMARTS) is 1. The second-order valence-corrected chi connectivity index (χ2v) is 4.36. The van der Waals surface area contributed by atoms with Gasteiger partial charge in [-0.25, -0.2) is 4.79 Å². The summed E-state index contributed by atoms with van der Waals surface area (Å²) in [7, 11) is 1.81. The number of nitrogens with one attached hydrogen (secondary N) is 2. The zero-order valence-electron chi connectivity index (χ0n) is 11.1. The molecule has 5 heteroatoms. The van der Waals surface area contributed by atoms with E-state index in [-0.39, 0.29) is 5.91 Å². The van der Waals surface area contributed by atoms with Crippen LogP contribution < -0.4 is 10.6 Å². The number of carbonyl (C=O) groups is 2. The smallest absolute Gasteiger partial charge is 0.326 e. The molecule has 0 bridgehead atoms. The fourth-order valence-corrected chi connectivity index (χ4v) is 1.74. The van der Waals surface area contributed by atoms with Gasteiger partial charge >= 0.3 is 5.97 Å². The molecule has 3 N–H and O–H groups in total. The minimum atomic E-state index is -1.01. The molecule has 0 saturated heterocycles. The van der Waals surface area contributed by atoms with Crippen LogP contribution in [0.3, 0.4) is 0 Å². The van der Waals surface area contributed by atoms with Gasteiger partial charge in [-0.05, 0) is 25.6 Å². The van der Waals surface area contributed by atoms with E-state index < -0.39 is 12.0 Å². The lowest BCUT2D eigenvalue weighted by atomic mass is 10.1. The van der Waals surface area contributed by atoms with Gasteiger partial charge in [0.05, 0.1) is 0 Å². The number of hydrogen-bond acceptors (Lipinski definition) is 3. The van der Waals surface area contributed by atoms with Crippen LogP contribution >= 0.6 is 0 Å². The third-order valence-electron chi connectivity index (χ3n) is 2.75. The predicted molar refractivity (Wildman–Crippen MR) is 72.9 cm³/mol. The molecule has 0 heterocycles. The molecular weight excluding hydrogens is 244 g/mol. The summed E-state index contributed by atoms with van der Waals surface area (Å²) in [6.07, 6.45) is 1.33. The number of benzene rings is 1. The van der Waals surface area contributed by atoms with Gasteiger partial charge in [0.25, 0.3) is 0 Å². The van der Waals surface area contributed by atoms with Crippen molar-refractivity contribution >= 4 is 11.9 Å². The van der Waals surface area contributed by atoms with Gasteiger partial charge in [0.15, 0.2) is 0 Å². The highest BCUT2D eigenvalue weighted by molar-refractivity contribution is 5.83. The van der Waals surface area contributed by atoms with Gasteiger partial charge in [-0.2, -0.15) is 0 Å². The van der Waals surface area contributed by atoms with Crippen LogP contribution in [-0.2, 0) is 16.0 Å². The Morgan fingerprint density at radius 3 is 2.53 bits per heavy atom. The first kappa shape index (κ1) is 15.2. The molecule has 1 atom stereocenters. The molecule has 0 aliphatic carbocycles. The lowest BCUT2D eigenvalue weighted by Crippen LogP contribution is -2.42. The Bertz CT molecular complexity index is 406. The average Bonchev–Trinajstić information content (AvgIpc) is 2.39. The molecule has 1 rings (SSSR count). The molecule has 0 radical (unpaired) electrons. The second kappa shape index (κ2) is 8.26. The van der Waals surface area contributed by atoms with E-state index in [4.69, 9.17) is 5.11 Å². The van der Waals surface area contributed by atoms with Crippen LogP contribution in [-0.4, -0.2) is 36.6 Å². The number of rotatable bonds is 8. The van der Waals surface area contributed by atoms with E-state index in [9.17, 15) is 9.59 Å². The second-order valence-electron chi connectivity index (χ2n) is 4.36. The molecule has 0 spiro atoms. The molecule has 0 fully saturated rings. The van der Waals surface area contributed by atoms with Gasteiger partial charge in [0, 0.05) is 12.8 Å². The predicted octanol–water partition coefficient (Wildman–Crippen LogP) is 0.798. The molecule has 19 heavy (non-hydrogen) atoms. The maximum Gasteiger partial charge on any atom is 0.326 e. The molecule has 104 valence electrons. The van der Waals surface area contributed by atoms with Crippen LogP contribution in [0.2, 0.25) is 0 Å². The van der Waals surface area contributed by atoms with Crippen LogP contribution in [0.15, 0.2) is 30.3 Å². The third-order valence-corrected chi connectivity index (χ3v) is 2.75. The van der Waals surface area contributed by atoms with E-state index in [1.165, 1.54) is 0 Å². The van der Waals surface area contributed by atoms with Crippen LogP contribution in [0.1, 0.15) is 18.4 Å². The average molecular weight is 264 g/mol. The summed E-state index contributed by atoms with van der Waals surface area (Å²) in [5.74, 6) is -1.23. The maximum atomic E-state index is 11.6. The number of carboxylic acids is 1. The summed E-state index contributed by atoms with van der Waals surface area (Å²) in [6, 6.07) is 8.40. The van der Waals surface area contributed by atoms with E-state index in [1.54, 1.807) is 0 Å². The van der Waals surface area contributed by atoms with Crippen molar-refractivity contribution in [2.45, 2.75) is 25.3 Å². The van der Waals surface area contributed by atoms with E-state index in [0.29, 0.717) is 19.3 Å². The lowest BCUT2D eigenvalue weighted by Gasteiger charge is -2.14. The lowest BCUT2D eigenvalue weighted by molar-refractivity contribution is -0.141. The van der Waals surface area contributed by atoms with Crippen molar-refractivity contribution in [3.63, 3.8) is 0 Å². The molecule has 1 amide bonds. The van der Waals surface area contributed by atoms with Crippen LogP contribution in [0.25, 0.3) is 0 Å². The van der Waals surface area contributed by atoms with Crippen LogP contribution in [0, 0.1) is 0 Å². The molecule has 0 aliphatic rings. The zero-order valence-corrected chi connectivity index (χ0v) is 11.1. The van der Waals surface area contributed by atoms with Crippen molar-refractivity contribution in [3.8, 4) is 0 Å². The van der Waals surface area contributed by atoms with Gasteiger partial charge < -0.3 is 15.7 Å². The van der Waals surface area contributed by atoms with Crippen molar-refractivity contribution in [3.05, 3.63) is 35.9 Å². The number of hydrogen-bond donors (Lipinski definition) is 3. The SMILES string of the molecule is CNCCCC(=O)N[C@H](Cc1ccccc1)C(=O)O. The van der Waals surface area contributed by atoms with Crippen LogP contribution in [0.5, 0.6) is 0 Å². The Labute approximate surface area is 113 Å². The molecule has 0 saturated carbocycles. The highest BCUT2D eigenvalue weighted by atomic mass is 16.4. The fourth-order valence-electron chi connectivity index (χ4n) is 1.74. The van der Waals surface area contributed by atoms with Gasteiger partial charge in [0.1, 0.15) is 6.04 Å². The Morgan fingerprint density at radius 1 is 1.26 bits per heavy atom. The normalized spacial score (nSPS) is 11.8. The number of amides is 1. The Balaban J connectivity index is 2.49.